The van der Waals surface area contributed by atoms with Crippen LogP contribution in [0.15, 0.2) is 65.4 Å². The Morgan fingerprint density at radius 1 is 1.11 bits per heavy atom. The summed E-state index contributed by atoms with van der Waals surface area (Å²) >= 11 is 2.73. The summed E-state index contributed by atoms with van der Waals surface area (Å²) in [6.45, 7) is 1.31. The van der Waals surface area contributed by atoms with Crippen LogP contribution in [-0.4, -0.2) is 33.2 Å². The van der Waals surface area contributed by atoms with Crippen LogP contribution >= 0.6 is 22.7 Å². The molecule has 0 aliphatic heterocycles. The van der Waals surface area contributed by atoms with E-state index < -0.39 is 18.5 Å². The Labute approximate surface area is 208 Å². The van der Waals surface area contributed by atoms with Gasteiger partial charge in [0.15, 0.2) is 12.3 Å². The van der Waals surface area contributed by atoms with E-state index in [1.807, 2.05) is 53.9 Å². The van der Waals surface area contributed by atoms with Gasteiger partial charge in [-0.1, -0.05) is 24.3 Å². The number of amides is 1. The molecule has 0 bridgehead atoms. The minimum Gasteiger partial charge on any atom is -0.452 e. The van der Waals surface area contributed by atoms with Gasteiger partial charge < -0.3 is 10.1 Å². The lowest BCUT2D eigenvalue weighted by Gasteiger charge is -2.09. The number of carbonyl (C=O) groups is 2. The maximum atomic E-state index is 13.2. The van der Waals surface area contributed by atoms with Crippen molar-refractivity contribution >= 4 is 50.6 Å². The number of hydrogen-bond donors (Lipinski definition) is 1. The Morgan fingerprint density at radius 2 is 1.94 bits per heavy atom. The zero-order chi connectivity index (χ0) is 24.4. The molecule has 5 aromatic rings. The van der Waals surface area contributed by atoms with E-state index >= 15 is 0 Å². The van der Waals surface area contributed by atoms with Gasteiger partial charge in [0.2, 0.25) is 0 Å². The minimum absolute atomic E-state index is 0.278. The molecule has 4 heterocycles. The van der Waals surface area contributed by atoms with Crippen molar-refractivity contribution in [2.24, 2.45) is 0 Å². The van der Waals surface area contributed by atoms with E-state index in [0.29, 0.717) is 33.0 Å². The van der Waals surface area contributed by atoms with Crippen molar-refractivity contribution in [1.82, 2.24) is 14.8 Å². The molecule has 172 valence electrons. The van der Waals surface area contributed by atoms with Crippen molar-refractivity contribution in [2.45, 2.75) is 6.92 Å². The molecule has 0 atom stereocenters. The highest BCUT2D eigenvalue weighted by atomic mass is 32.1. The van der Waals surface area contributed by atoms with Gasteiger partial charge in [-0.25, -0.2) is 14.5 Å². The monoisotopic (exact) mass is 499 g/mol. The lowest BCUT2D eigenvalue weighted by Crippen LogP contribution is -2.21. The SMILES string of the molecule is Cc1nn(-c2ccccc2)c2nc(-c3cccs3)cc(C(=O)OCC(=O)Nc3sccc3C#N)c12. The highest BCUT2D eigenvalue weighted by molar-refractivity contribution is 7.14. The van der Waals surface area contributed by atoms with Crippen LogP contribution in [0.3, 0.4) is 0 Å². The third-order valence-corrected chi connectivity index (χ3v) is 6.90. The molecule has 5 rings (SSSR count). The molecule has 0 unspecified atom stereocenters. The Balaban J connectivity index is 1.50. The average molecular weight is 500 g/mol. The summed E-state index contributed by atoms with van der Waals surface area (Å²) in [4.78, 5) is 31.3. The second kappa shape index (κ2) is 9.50. The first kappa shape index (κ1) is 22.5. The molecule has 4 aromatic heterocycles. The minimum atomic E-state index is -0.659. The maximum absolute atomic E-state index is 13.2. The van der Waals surface area contributed by atoms with Crippen LogP contribution in [-0.2, 0) is 9.53 Å². The molecular weight excluding hydrogens is 482 g/mol. The van der Waals surface area contributed by atoms with E-state index in [4.69, 9.17) is 15.0 Å². The van der Waals surface area contributed by atoms with Crippen LogP contribution in [0.25, 0.3) is 27.3 Å². The normalized spacial score (nSPS) is 10.7. The number of carbonyl (C=O) groups excluding carboxylic acids is 2. The number of pyridine rings is 1. The Kier molecular flexibility index (Phi) is 6.10. The number of nitrogens with one attached hydrogen (secondary N) is 1. The number of thiophene rings is 2. The van der Waals surface area contributed by atoms with Crippen LogP contribution in [0.1, 0.15) is 21.6 Å². The predicted molar refractivity (Wildman–Crippen MR) is 135 cm³/mol. The van der Waals surface area contributed by atoms with Crippen LogP contribution in [0.4, 0.5) is 5.00 Å². The molecule has 0 aliphatic carbocycles. The van der Waals surface area contributed by atoms with Gasteiger partial charge in [-0.2, -0.15) is 10.4 Å². The zero-order valence-corrected chi connectivity index (χ0v) is 20.0. The fourth-order valence-corrected chi connectivity index (χ4v) is 5.06. The first-order valence-electron chi connectivity index (χ1n) is 10.5. The van der Waals surface area contributed by atoms with Gasteiger partial charge in [-0.3, -0.25) is 4.79 Å². The van der Waals surface area contributed by atoms with Gasteiger partial charge in [0.1, 0.15) is 11.1 Å². The third-order valence-electron chi connectivity index (χ3n) is 5.18. The van der Waals surface area contributed by atoms with Gasteiger partial charge in [0, 0.05) is 0 Å². The fraction of sp³-hybridized carbons (Fsp3) is 0.0800. The highest BCUT2D eigenvalue weighted by Crippen LogP contribution is 2.31. The van der Waals surface area contributed by atoms with Crippen LogP contribution in [0.2, 0.25) is 0 Å². The first-order chi connectivity index (χ1) is 17.0. The van der Waals surface area contributed by atoms with Crippen molar-refractivity contribution in [3.05, 3.63) is 82.2 Å². The van der Waals surface area contributed by atoms with Crippen LogP contribution < -0.4 is 5.32 Å². The van der Waals surface area contributed by atoms with Gasteiger partial charge in [-0.15, -0.1) is 22.7 Å². The summed E-state index contributed by atoms with van der Waals surface area (Å²) < 4.78 is 7.07. The molecule has 1 aromatic carbocycles. The van der Waals surface area contributed by atoms with Gasteiger partial charge in [-0.05, 0) is 48.0 Å². The number of ether oxygens (including phenoxy) is 1. The highest BCUT2D eigenvalue weighted by Gasteiger charge is 2.23. The first-order valence-corrected chi connectivity index (χ1v) is 12.3. The standard InChI is InChI=1S/C25H17N5O3S2/c1-15-22-18(25(32)33-14-21(31)28-24-16(13-26)9-11-35-24)12-19(20-8-5-10-34-20)27-23(22)30(29-15)17-6-3-2-4-7-17/h2-12H,14H2,1H3,(H,28,31). The molecule has 35 heavy (non-hydrogen) atoms. The Bertz CT molecular complexity index is 1580. The average Bonchev–Trinajstić information content (AvgIpc) is 3.63. The second-order valence-electron chi connectivity index (χ2n) is 7.46. The van der Waals surface area contributed by atoms with Crippen molar-refractivity contribution in [3.63, 3.8) is 0 Å². The van der Waals surface area contributed by atoms with Crippen molar-refractivity contribution in [1.29, 1.82) is 5.26 Å². The number of aryl methyl sites for hydroxylation is 1. The van der Waals surface area contributed by atoms with E-state index in [2.05, 4.69) is 10.4 Å². The molecule has 0 fully saturated rings. The number of nitrogens with zero attached hydrogens (tertiary/aromatic N) is 4. The summed E-state index contributed by atoms with van der Waals surface area (Å²) in [6, 6.07) is 18.7. The van der Waals surface area contributed by atoms with Crippen LogP contribution in [0.5, 0.6) is 0 Å². The number of aromatic nitrogens is 3. The largest absolute Gasteiger partial charge is 0.452 e. The molecule has 0 aliphatic rings. The number of nitriles is 1. The smallest absolute Gasteiger partial charge is 0.339 e. The maximum Gasteiger partial charge on any atom is 0.339 e. The van der Waals surface area contributed by atoms with Crippen molar-refractivity contribution < 1.29 is 14.3 Å². The van der Waals surface area contributed by atoms with E-state index in [9.17, 15) is 9.59 Å². The quantitative estimate of drug-likeness (QED) is 0.322. The lowest BCUT2D eigenvalue weighted by atomic mass is 10.1. The lowest BCUT2D eigenvalue weighted by molar-refractivity contribution is -0.119. The van der Waals surface area contributed by atoms with Crippen molar-refractivity contribution in [2.75, 3.05) is 11.9 Å². The molecular formula is C25H17N5O3S2. The van der Waals surface area contributed by atoms with E-state index in [1.165, 1.54) is 22.7 Å². The second-order valence-corrected chi connectivity index (χ2v) is 9.33. The third kappa shape index (κ3) is 4.42. The summed E-state index contributed by atoms with van der Waals surface area (Å²) in [5.74, 6) is -1.19. The summed E-state index contributed by atoms with van der Waals surface area (Å²) in [7, 11) is 0. The molecule has 10 heteroatoms. The van der Waals surface area contributed by atoms with E-state index in [-0.39, 0.29) is 5.56 Å². The molecule has 0 saturated heterocycles. The number of benzene rings is 1. The Morgan fingerprint density at radius 3 is 2.69 bits per heavy atom. The number of anilines is 1. The van der Waals surface area contributed by atoms with Gasteiger partial charge in [0.25, 0.3) is 5.91 Å². The predicted octanol–water partition coefficient (Wildman–Crippen LogP) is 5.19. The number of esters is 1. The van der Waals surface area contributed by atoms with Gasteiger partial charge >= 0.3 is 5.97 Å². The van der Waals surface area contributed by atoms with Gasteiger partial charge in [0.05, 0.1) is 38.5 Å². The molecule has 0 radical (unpaired) electrons. The molecule has 0 spiro atoms. The van der Waals surface area contributed by atoms with Crippen LogP contribution in [0, 0.1) is 18.3 Å². The van der Waals surface area contributed by atoms with Crippen molar-refractivity contribution in [3.8, 4) is 22.3 Å². The molecule has 0 saturated carbocycles. The topological polar surface area (TPSA) is 110 Å². The number of rotatable bonds is 6. The fourth-order valence-electron chi connectivity index (χ4n) is 3.62. The van der Waals surface area contributed by atoms with E-state index in [0.717, 1.165) is 10.6 Å². The summed E-state index contributed by atoms with van der Waals surface area (Å²) in [5.41, 5.74) is 3.19. The number of para-hydroxylation sites is 1. The number of hydrogen-bond acceptors (Lipinski definition) is 8. The Hall–Kier alpha value is -4.33. The summed E-state index contributed by atoms with van der Waals surface area (Å²) in [5, 5.41) is 21.0. The zero-order valence-electron chi connectivity index (χ0n) is 18.4. The molecule has 8 nitrogen and oxygen atoms in total. The summed E-state index contributed by atoms with van der Waals surface area (Å²) in [6.07, 6.45) is 0. The van der Waals surface area contributed by atoms with E-state index in [1.54, 1.807) is 29.1 Å². The number of fused-ring (bicyclic) bond motifs is 1. The molecule has 1 amide bonds. The molecule has 1 N–H and O–H groups in total.